The standard InChI is InChI=1S/C27H32N2O5/c1-4-26(2,23(30)29-15-9-14-27(29,3)24(31)32)17-28-25(33)34-16-22-20-12-7-5-10-18(20)19-11-6-8-13-21(19)22/h5-8,10-13,22H,4,9,14-17H2,1-3H3,(H,28,33)(H,31,32). The van der Waals surface area contributed by atoms with Gasteiger partial charge < -0.3 is 20.1 Å². The molecule has 2 atom stereocenters. The normalized spacial score (nSPS) is 20.9. The highest BCUT2D eigenvalue weighted by molar-refractivity contribution is 5.90. The number of nitrogens with one attached hydrogen (secondary N) is 1. The molecule has 2 aliphatic rings. The Morgan fingerprint density at radius 3 is 2.26 bits per heavy atom. The summed E-state index contributed by atoms with van der Waals surface area (Å²) in [4.78, 5) is 39.2. The number of hydrogen-bond donors (Lipinski definition) is 2. The molecule has 2 aromatic rings. The second-order valence-corrected chi connectivity index (χ2v) is 9.73. The Labute approximate surface area is 200 Å². The molecule has 0 spiro atoms. The van der Waals surface area contributed by atoms with Crippen molar-refractivity contribution in [2.75, 3.05) is 19.7 Å². The highest BCUT2D eigenvalue weighted by Gasteiger charge is 2.50. The van der Waals surface area contributed by atoms with Gasteiger partial charge >= 0.3 is 12.1 Å². The Balaban J connectivity index is 1.40. The number of ether oxygens (including phenoxy) is 1. The predicted octanol–water partition coefficient (Wildman–Crippen LogP) is 4.41. The Hall–Kier alpha value is -3.35. The third-order valence-electron chi connectivity index (χ3n) is 7.61. The van der Waals surface area contributed by atoms with Gasteiger partial charge in [0, 0.05) is 19.0 Å². The number of carbonyl (C=O) groups excluding carboxylic acids is 2. The summed E-state index contributed by atoms with van der Waals surface area (Å²) in [6.45, 7) is 5.90. The van der Waals surface area contributed by atoms with Crippen LogP contribution < -0.4 is 5.32 Å². The fourth-order valence-corrected chi connectivity index (χ4v) is 5.11. The molecule has 2 N–H and O–H groups in total. The molecule has 2 aromatic carbocycles. The van der Waals surface area contributed by atoms with E-state index in [4.69, 9.17) is 4.74 Å². The molecular weight excluding hydrogens is 432 g/mol. The second kappa shape index (κ2) is 9.12. The fraction of sp³-hybridized carbons (Fsp3) is 0.444. The van der Waals surface area contributed by atoms with E-state index < -0.39 is 23.0 Å². The van der Waals surface area contributed by atoms with Crippen LogP contribution in [0.15, 0.2) is 48.5 Å². The molecule has 0 bridgehead atoms. The molecule has 4 rings (SSSR count). The second-order valence-electron chi connectivity index (χ2n) is 9.73. The summed E-state index contributed by atoms with van der Waals surface area (Å²) in [5.41, 5.74) is 2.44. The van der Waals surface area contributed by atoms with E-state index in [1.807, 2.05) is 31.2 Å². The predicted molar refractivity (Wildman–Crippen MR) is 128 cm³/mol. The number of carboxylic acids is 1. The minimum absolute atomic E-state index is 0.0433. The number of likely N-dealkylation sites (tertiary alicyclic amines) is 1. The van der Waals surface area contributed by atoms with E-state index in [9.17, 15) is 19.5 Å². The van der Waals surface area contributed by atoms with Gasteiger partial charge in [0.15, 0.2) is 0 Å². The number of nitrogens with zero attached hydrogens (tertiary/aromatic N) is 1. The number of rotatable bonds is 7. The molecule has 1 heterocycles. The SMILES string of the molecule is CCC(C)(CNC(=O)OCC1c2ccccc2-c2ccccc21)C(=O)N1CCCC1(C)C(=O)O. The van der Waals surface area contributed by atoms with Gasteiger partial charge in [0.25, 0.3) is 0 Å². The molecule has 180 valence electrons. The molecule has 0 aromatic heterocycles. The fourth-order valence-electron chi connectivity index (χ4n) is 5.11. The molecule has 0 radical (unpaired) electrons. The van der Waals surface area contributed by atoms with Gasteiger partial charge in [-0.2, -0.15) is 0 Å². The number of amides is 2. The van der Waals surface area contributed by atoms with Crippen molar-refractivity contribution in [1.29, 1.82) is 0 Å². The van der Waals surface area contributed by atoms with Gasteiger partial charge in [0.2, 0.25) is 5.91 Å². The van der Waals surface area contributed by atoms with Crippen molar-refractivity contribution >= 4 is 18.0 Å². The third kappa shape index (κ3) is 4.04. The summed E-state index contributed by atoms with van der Waals surface area (Å²) >= 11 is 0. The van der Waals surface area contributed by atoms with E-state index in [2.05, 4.69) is 29.6 Å². The number of alkyl carbamates (subject to hydrolysis) is 1. The first-order valence-corrected chi connectivity index (χ1v) is 11.9. The molecule has 2 amide bonds. The number of carbonyl (C=O) groups is 3. The minimum atomic E-state index is -1.21. The molecule has 1 fully saturated rings. The lowest BCUT2D eigenvalue weighted by atomic mass is 9.84. The van der Waals surface area contributed by atoms with Gasteiger partial charge in [-0.05, 0) is 55.4 Å². The van der Waals surface area contributed by atoms with E-state index in [1.165, 1.54) is 4.90 Å². The molecule has 7 nitrogen and oxygen atoms in total. The Morgan fingerprint density at radius 1 is 1.12 bits per heavy atom. The lowest BCUT2D eigenvalue weighted by molar-refractivity contribution is -0.159. The minimum Gasteiger partial charge on any atom is -0.480 e. The maximum Gasteiger partial charge on any atom is 0.407 e. The van der Waals surface area contributed by atoms with Crippen molar-refractivity contribution in [3.63, 3.8) is 0 Å². The zero-order chi connectivity index (χ0) is 24.5. The Bertz CT molecular complexity index is 1070. The number of carboxylic acid groups (broad SMARTS) is 1. The first-order chi connectivity index (χ1) is 16.2. The first-order valence-electron chi connectivity index (χ1n) is 11.9. The molecular formula is C27H32N2O5. The van der Waals surface area contributed by atoms with Gasteiger partial charge in [0.1, 0.15) is 12.1 Å². The molecule has 34 heavy (non-hydrogen) atoms. The molecule has 1 aliphatic heterocycles. The van der Waals surface area contributed by atoms with E-state index in [1.54, 1.807) is 13.8 Å². The van der Waals surface area contributed by atoms with Crippen LogP contribution in [0.25, 0.3) is 11.1 Å². The van der Waals surface area contributed by atoms with Crippen molar-refractivity contribution in [3.8, 4) is 11.1 Å². The maximum atomic E-state index is 13.3. The van der Waals surface area contributed by atoms with Crippen molar-refractivity contribution in [2.24, 2.45) is 5.41 Å². The van der Waals surface area contributed by atoms with Crippen LogP contribution in [0.4, 0.5) is 4.79 Å². The van der Waals surface area contributed by atoms with Crippen molar-refractivity contribution in [1.82, 2.24) is 10.2 Å². The van der Waals surface area contributed by atoms with E-state index >= 15 is 0 Å². The monoisotopic (exact) mass is 464 g/mol. The van der Waals surface area contributed by atoms with Crippen molar-refractivity contribution < 1.29 is 24.2 Å². The number of benzene rings is 2. The van der Waals surface area contributed by atoms with Crippen LogP contribution in [0.2, 0.25) is 0 Å². The summed E-state index contributed by atoms with van der Waals surface area (Å²) in [5, 5.41) is 12.4. The first kappa shape index (κ1) is 23.8. The van der Waals surface area contributed by atoms with Gasteiger partial charge in [0.05, 0.1) is 5.41 Å². The van der Waals surface area contributed by atoms with Crippen LogP contribution in [0.3, 0.4) is 0 Å². The van der Waals surface area contributed by atoms with Crippen LogP contribution in [0.1, 0.15) is 57.1 Å². The summed E-state index contributed by atoms with van der Waals surface area (Å²) in [6.07, 6.45) is 0.945. The van der Waals surface area contributed by atoms with Gasteiger partial charge in [-0.15, -0.1) is 0 Å². The average molecular weight is 465 g/mol. The Kier molecular flexibility index (Phi) is 6.39. The molecule has 7 heteroatoms. The van der Waals surface area contributed by atoms with Crippen LogP contribution in [0, 0.1) is 5.41 Å². The largest absolute Gasteiger partial charge is 0.480 e. The molecule has 2 unspecified atom stereocenters. The molecule has 0 saturated carbocycles. The van der Waals surface area contributed by atoms with Gasteiger partial charge in [-0.25, -0.2) is 9.59 Å². The summed E-state index contributed by atoms with van der Waals surface area (Å²) in [6, 6.07) is 16.3. The van der Waals surface area contributed by atoms with Gasteiger partial charge in [-0.1, -0.05) is 55.5 Å². The van der Waals surface area contributed by atoms with Crippen molar-refractivity contribution in [3.05, 3.63) is 59.7 Å². The van der Waals surface area contributed by atoms with Crippen molar-refractivity contribution in [2.45, 2.75) is 51.5 Å². The summed E-state index contributed by atoms with van der Waals surface area (Å²) < 4.78 is 5.59. The van der Waals surface area contributed by atoms with E-state index in [0.717, 1.165) is 22.3 Å². The number of hydrogen-bond acceptors (Lipinski definition) is 4. The number of aliphatic carboxylic acids is 1. The van der Waals surface area contributed by atoms with E-state index in [0.29, 0.717) is 25.8 Å². The van der Waals surface area contributed by atoms with Gasteiger partial charge in [-0.3, -0.25) is 4.79 Å². The zero-order valence-corrected chi connectivity index (χ0v) is 20.0. The highest BCUT2D eigenvalue weighted by Crippen LogP contribution is 2.44. The molecule has 1 saturated heterocycles. The van der Waals surface area contributed by atoms with Crippen LogP contribution >= 0.6 is 0 Å². The average Bonchev–Trinajstić information content (AvgIpc) is 3.39. The quantitative estimate of drug-likeness (QED) is 0.633. The zero-order valence-electron chi connectivity index (χ0n) is 20.0. The maximum absolute atomic E-state index is 13.3. The van der Waals surface area contributed by atoms with Crippen LogP contribution in [-0.4, -0.2) is 53.2 Å². The van der Waals surface area contributed by atoms with Crippen LogP contribution in [0.5, 0.6) is 0 Å². The lowest BCUT2D eigenvalue weighted by Gasteiger charge is -2.38. The topological polar surface area (TPSA) is 95.9 Å². The van der Waals surface area contributed by atoms with E-state index in [-0.39, 0.29) is 25.0 Å². The van der Waals surface area contributed by atoms with Crippen LogP contribution in [-0.2, 0) is 14.3 Å². The smallest absolute Gasteiger partial charge is 0.407 e. The Morgan fingerprint density at radius 2 is 1.71 bits per heavy atom. The summed E-state index contributed by atoms with van der Waals surface area (Å²) in [7, 11) is 0. The molecule has 1 aliphatic carbocycles. The summed E-state index contributed by atoms with van der Waals surface area (Å²) in [5.74, 6) is -1.30. The highest BCUT2D eigenvalue weighted by atomic mass is 16.5. The third-order valence-corrected chi connectivity index (χ3v) is 7.61. The lowest BCUT2D eigenvalue weighted by Crippen LogP contribution is -2.57. The number of fused-ring (bicyclic) bond motifs is 3.